The molecule has 1 aliphatic heterocycles. The molecule has 3 rings (SSSR count). The van der Waals surface area contributed by atoms with Gasteiger partial charge in [0, 0.05) is 39.3 Å². The van der Waals surface area contributed by atoms with Crippen molar-refractivity contribution < 1.29 is 8.42 Å². The number of guanidine groups is 1. The minimum atomic E-state index is -3.42. The number of thiophene rings is 2. The molecule has 0 bridgehead atoms. The highest BCUT2D eigenvalue weighted by molar-refractivity contribution is 14.0. The first kappa shape index (κ1) is 23.4. The lowest BCUT2D eigenvalue weighted by Gasteiger charge is -2.37. The van der Waals surface area contributed by atoms with E-state index in [9.17, 15) is 8.42 Å². The molecule has 3 heterocycles. The third-order valence-electron chi connectivity index (χ3n) is 4.16. The van der Waals surface area contributed by atoms with E-state index in [1.165, 1.54) is 16.3 Å². The van der Waals surface area contributed by atoms with Crippen LogP contribution in [0.25, 0.3) is 0 Å². The van der Waals surface area contributed by atoms with Gasteiger partial charge in [0.25, 0.3) is 0 Å². The molecule has 0 atom stereocenters. The van der Waals surface area contributed by atoms with Crippen LogP contribution in [-0.4, -0.2) is 65.1 Å². The zero-order chi connectivity index (χ0) is 19.1. The molecule has 0 aliphatic carbocycles. The summed E-state index contributed by atoms with van der Waals surface area (Å²) in [7, 11) is -3.42. The fraction of sp³-hybridized carbons (Fsp3) is 0.471. The Labute approximate surface area is 191 Å². The number of hydrogen-bond donors (Lipinski definition) is 2. The van der Waals surface area contributed by atoms with Crippen LogP contribution in [0.2, 0.25) is 0 Å². The second kappa shape index (κ2) is 11.3. The smallest absolute Gasteiger partial charge is 0.250 e. The number of piperazine rings is 1. The minimum Gasteiger partial charge on any atom is -0.360 e. The molecule has 1 saturated heterocycles. The third kappa shape index (κ3) is 6.31. The largest absolute Gasteiger partial charge is 0.360 e. The summed E-state index contributed by atoms with van der Waals surface area (Å²) in [5.41, 5.74) is 0. The summed E-state index contributed by atoms with van der Waals surface area (Å²) < 4.78 is 27.2. The molecule has 0 unspecified atom stereocenters. The molecule has 0 aromatic carbocycles. The van der Waals surface area contributed by atoms with E-state index in [2.05, 4.69) is 42.3 Å². The quantitative estimate of drug-likeness (QED) is 0.238. The van der Waals surface area contributed by atoms with Gasteiger partial charge in [-0.25, -0.2) is 13.1 Å². The number of nitrogens with zero attached hydrogens (tertiary/aromatic N) is 3. The second-order valence-electron chi connectivity index (χ2n) is 5.99. The number of hydrogen-bond acceptors (Lipinski definition) is 6. The van der Waals surface area contributed by atoms with Crippen molar-refractivity contribution in [1.29, 1.82) is 0 Å². The molecule has 2 N–H and O–H groups in total. The highest BCUT2D eigenvalue weighted by Crippen LogP contribution is 2.22. The fourth-order valence-corrected chi connectivity index (χ4v) is 5.69. The van der Waals surface area contributed by atoms with Crippen molar-refractivity contribution in [2.24, 2.45) is 4.99 Å². The van der Waals surface area contributed by atoms with Crippen LogP contribution in [0.1, 0.15) is 6.92 Å². The molecule has 1 aliphatic rings. The fourth-order valence-electron chi connectivity index (χ4n) is 2.84. The van der Waals surface area contributed by atoms with Crippen LogP contribution in [0.3, 0.4) is 0 Å². The predicted molar refractivity (Wildman–Crippen MR) is 129 cm³/mol. The van der Waals surface area contributed by atoms with Crippen molar-refractivity contribution in [1.82, 2.24) is 14.9 Å². The summed E-state index contributed by atoms with van der Waals surface area (Å²) in [6.45, 7) is 7.20. The first-order chi connectivity index (χ1) is 13.1. The van der Waals surface area contributed by atoms with Gasteiger partial charge in [0.05, 0.1) is 11.5 Å². The Morgan fingerprint density at radius 2 is 1.86 bits per heavy atom. The number of nitrogens with one attached hydrogen (secondary N) is 2. The Morgan fingerprint density at radius 3 is 2.46 bits per heavy atom. The van der Waals surface area contributed by atoms with Gasteiger partial charge in [0.2, 0.25) is 10.0 Å². The molecule has 156 valence electrons. The van der Waals surface area contributed by atoms with Crippen LogP contribution in [-0.2, 0) is 10.0 Å². The number of rotatable bonds is 7. The number of aliphatic imine (C=N–C) groups is 1. The standard InChI is InChI=1S/C17H25N5O2S3.HI/c1-2-18-17(19-7-8-20-27(23,24)16-6-4-14-26-16)22-11-9-21(10-12-22)15-5-3-13-25-15;/h3-6,13-14,20H,2,7-12H2,1H3,(H,18,19);1H. The van der Waals surface area contributed by atoms with E-state index in [1.54, 1.807) is 28.8 Å². The summed E-state index contributed by atoms with van der Waals surface area (Å²) in [6, 6.07) is 7.57. The van der Waals surface area contributed by atoms with E-state index in [4.69, 9.17) is 0 Å². The van der Waals surface area contributed by atoms with Crippen molar-refractivity contribution in [2.45, 2.75) is 11.1 Å². The van der Waals surface area contributed by atoms with E-state index >= 15 is 0 Å². The monoisotopic (exact) mass is 555 g/mol. The van der Waals surface area contributed by atoms with Gasteiger partial charge < -0.3 is 15.1 Å². The van der Waals surface area contributed by atoms with Crippen molar-refractivity contribution in [3.8, 4) is 0 Å². The molecule has 0 saturated carbocycles. The Morgan fingerprint density at radius 1 is 1.14 bits per heavy atom. The average molecular weight is 556 g/mol. The summed E-state index contributed by atoms with van der Waals surface area (Å²) in [5.74, 6) is 0.846. The Kier molecular flexibility index (Phi) is 9.47. The van der Waals surface area contributed by atoms with Gasteiger partial charge >= 0.3 is 0 Å². The van der Waals surface area contributed by atoms with E-state index in [-0.39, 0.29) is 30.5 Å². The molecular formula is C17H26IN5O2S3. The van der Waals surface area contributed by atoms with E-state index in [1.807, 2.05) is 6.92 Å². The number of sulfonamides is 1. The summed E-state index contributed by atoms with van der Waals surface area (Å²) >= 11 is 2.98. The van der Waals surface area contributed by atoms with Gasteiger partial charge in [-0.2, -0.15) is 0 Å². The highest BCUT2D eigenvalue weighted by atomic mass is 127. The Hall–Kier alpha value is -0.890. The normalized spacial score (nSPS) is 15.4. The lowest BCUT2D eigenvalue weighted by Crippen LogP contribution is -2.52. The summed E-state index contributed by atoms with van der Waals surface area (Å²) in [5, 5.41) is 8.47. The zero-order valence-electron chi connectivity index (χ0n) is 15.7. The molecule has 11 heteroatoms. The zero-order valence-corrected chi connectivity index (χ0v) is 20.5. The van der Waals surface area contributed by atoms with Crippen LogP contribution in [0.15, 0.2) is 44.2 Å². The van der Waals surface area contributed by atoms with E-state index in [0.29, 0.717) is 10.8 Å². The van der Waals surface area contributed by atoms with Crippen LogP contribution in [0.4, 0.5) is 5.00 Å². The molecule has 7 nitrogen and oxygen atoms in total. The highest BCUT2D eigenvalue weighted by Gasteiger charge is 2.20. The van der Waals surface area contributed by atoms with Crippen molar-refractivity contribution in [2.75, 3.05) is 50.7 Å². The van der Waals surface area contributed by atoms with Gasteiger partial charge in [-0.15, -0.1) is 46.7 Å². The summed E-state index contributed by atoms with van der Waals surface area (Å²) in [4.78, 5) is 9.23. The van der Waals surface area contributed by atoms with E-state index in [0.717, 1.165) is 38.7 Å². The number of halogens is 1. The van der Waals surface area contributed by atoms with Crippen molar-refractivity contribution >= 4 is 67.6 Å². The lowest BCUT2D eigenvalue weighted by molar-refractivity contribution is 0.373. The van der Waals surface area contributed by atoms with Gasteiger partial charge in [-0.1, -0.05) is 6.07 Å². The minimum absolute atomic E-state index is 0. The first-order valence-electron chi connectivity index (χ1n) is 8.95. The van der Waals surface area contributed by atoms with Crippen LogP contribution in [0.5, 0.6) is 0 Å². The molecule has 2 aromatic heterocycles. The molecule has 1 fully saturated rings. The van der Waals surface area contributed by atoms with Crippen LogP contribution in [0, 0.1) is 0 Å². The van der Waals surface area contributed by atoms with Crippen molar-refractivity contribution in [3.63, 3.8) is 0 Å². The van der Waals surface area contributed by atoms with Gasteiger partial charge in [-0.05, 0) is 35.9 Å². The van der Waals surface area contributed by atoms with Crippen molar-refractivity contribution in [3.05, 3.63) is 35.0 Å². The maximum atomic E-state index is 12.1. The SMILES string of the molecule is CCNC(=NCCNS(=O)(=O)c1cccs1)N1CCN(c2cccs2)CC1.I. The second-order valence-corrected chi connectivity index (χ2v) is 9.86. The molecule has 0 amide bonds. The van der Waals surface area contributed by atoms with Gasteiger partial charge in [-0.3, -0.25) is 4.99 Å². The third-order valence-corrected chi connectivity index (χ3v) is 7.94. The number of anilines is 1. The molecular weight excluding hydrogens is 529 g/mol. The van der Waals surface area contributed by atoms with Gasteiger partial charge in [0.1, 0.15) is 4.21 Å². The maximum absolute atomic E-state index is 12.1. The summed E-state index contributed by atoms with van der Waals surface area (Å²) in [6.07, 6.45) is 0. The molecule has 28 heavy (non-hydrogen) atoms. The predicted octanol–water partition coefficient (Wildman–Crippen LogP) is 2.49. The Balaban J connectivity index is 0.00000280. The van der Waals surface area contributed by atoms with Crippen LogP contribution < -0.4 is 14.9 Å². The van der Waals surface area contributed by atoms with Gasteiger partial charge in [0.15, 0.2) is 5.96 Å². The molecule has 0 radical (unpaired) electrons. The molecule has 0 spiro atoms. The Bertz CT molecular complexity index is 817. The first-order valence-corrected chi connectivity index (χ1v) is 12.2. The lowest BCUT2D eigenvalue weighted by atomic mass is 10.3. The topological polar surface area (TPSA) is 77.0 Å². The van der Waals surface area contributed by atoms with Crippen LogP contribution >= 0.6 is 46.7 Å². The average Bonchev–Trinajstić information content (AvgIpc) is 3.39. The maximum Gasteiger partial charge on any atom is 0.250 e. The van der Waals surface area contributed by atoms with E-state index < -0.39 is 10.0 Å². The molecule has 2 aromatic rings.